The summed E-state index contributed by atoms with van der Waals surface area (Å²) >= 11 is 3.43. The van der Waals surface area contributed by atoms with Crippen molar-refractivity contribution in [3.05, 3.63) is 41.1 Å². The van der Waals surface area contributed by atoms with Crippen molar-refractivity contribution in [2.45, 2.75) is 0 Å². The third-order valence-electron chi connectivity index (χ3n) is 2.38. The van der Waals surface area contributed by atoms with Crippen LogP contribution in [-0.2, 0) is 0 Å². The molecule has 18 heavy (non-hydrogen) atoms. The van der Waals surface area contributed by atoms with Crippen LogP contribution >= 0.6 is 15.9 Å². The minimum atomic E-state index is 0.476. The number of nitrogens with one attached hydrogen (secondary N) is 1. The molecule has 0 spiro atoms. The molecule has 0 amide bonds. The van der Waals surface area contributed by atoms with Crippen molar-refractivity contribution in [1.82, 2.24) is 9.97 Å². The molecule has 0 atom stereocenters. The second-order valence-electron chi connectivity index (χ2n) is 3.54. The van der Waals surface area contributed by atoms with Gasteiger partial charge in [0.1, 0.15) is 18.0 Å². The normalized spacial score (nSPS) is 9.61. The van der Waals surface area contributed by atoms with Crippen LogP contribution < -0.4 is 10.2 Å². The predicted molar refractivity (Wildman–Crippen MR) is 73.5 cm³/mol. The van der Waals surface area contributed by atoms with Crippen LogP contribution in [0.2, 0.25) is 0 Å². The van der Waals surface area contributed by atoms with Crippen LogP contribution in [0.25, 0.3) is 0 Å². The third kappa shape index (κ3) is 2.76. The molecule has 90 valence electrons. The lowest BCUT2D eigenvalue weighted by Gasteiger charge is -2.18. The first-order valence-electron chi connectivity index (χ1n) is 5.17. The zero-order chi connectivity index (χ0) is 13.0. The van der Waals surface area contributed by atoms with E-state index in [9.17, 15) is 0 Å². The zero-order valence-electron chi connectivity index (χ0n) is 9.63. The molecule has 0 radical (unpaired) electrons. The van der Waals surface area contributed by atoms with Crippen molar-refractivity contribution < 1.29 is 0 Å². The maximum absolute atomic E-state index is 8.56. The number of rotatable bonds is 3. The number of aromatic nitrogens is 2. The SMILES string of the molecule is CN(c1cccc(Br)c1)c1cc(NC#N)ncn1. The minimum Gasteiger partial charge on any atom is -0.329 e. The minimum absolute atomic E-state index is 0.476. The maximum atomic E-state index is 8.56. The van der Waals surface area contributed by atoms with Gasteiger partial charge in [0.05, 0.1) is 0 Å². The summed E-state index contributed by atoms with van der Waals surface area (Å²) < 4.78 is 0.997. The highest BCUT2D eigenvalue weighted by atomic mass is 79.9. The zero-order valence-corrected chi connectivity index (χ0v) is 11.2. The first-order chi connectivity index (χ1) is 8.70. The smallest absolute Gasteiger partial charge is 0.182 e. The van der Waals surface area contributed by atoms with E-state index in [1.165, 1.54) is 6.33 Å². The number of nitriles is 1. The lowest BCUT2D eigenvalue weighted by Crippen LogP contribution is -2.11. The van der Waals surface area contributed by atoms with E-state index in [1.54, 1.807) is 6.07 Å². The second kappa shape index (κ2) is 5.47. The highest BCUT2D eigenvalue weighted by Gasteiger charge is 2.06. The molecule has 0 fully saturated rings. The number of hydrogen-bond donors (Lipinski definition) is 1. The summed E-state index contributed by atoms with van der Waals surface area (Å²) in [5, 5.41) is 11.0. The van der Waals surface area contributed by atoms with Gasteiger partial charge in [-0.25, -0.2) is 9.97 Å². The van der Waals surface area contributed by atoms with Crippen molar-refractivity contribution in [1.29, 1.82) is 5.26 Å². The predicted octanol–water partition coefficient (Wildman–Crippen LogP) is 2.90. The fraction of sp³-hybridized carbons (Fsp3) is 0.0833. The van der Waals surface area contributed by atoms with E-state index < -0.39 is 0 Å². The molecule has 0 bridgehead atoms. The molecule has 0 aliphatic carbocycles. The Kier molecular flexibility index (Phi) is 3.75. The molecule has 0 aliphatic heterocycles. The van der Waals surface area contributed by atoms with E-state index in [-0.39, 0.29) is 0 Å². The Bertz CT molecular complexity index is 593. The fourth-order valence-corrected chi connectivity index (χ4v) is 1.86. The van der Waals surface area contributed by atoms with Gasteiger partial charge in [0.15, 0.2) is 6.19 Å². The second-order valence-corrected chi connectivity index (χ2v) is 4.45. The van der Waals surface area contributed by atoms with Crippen molar-refractivity contribution in [2.24, 2.45) is 0 Å². The van der Waals surface area contributed by atoms with Gasteiger partial charge in [-0.15, -0.1) is 0 Å². The lowest BCUT2D eigenvalue weighted by atomic mass is 10.3. The summed E-state index contributed by atoms with van der Waals surface area (Å²) in [7, 11) is 1.90. The quantitative estimate of drug-likeness (QED) is 0.697. The number of anilines is 3. The molecule has 0 aliphatic rings. The molecular weight excluding hydrogens is 294 g/mol. The largest absolute Gasteiger partial charge is 0.329 e. The van der Waals surface area contributed by atoms with Crippen LogP contribution in [0.4, 0.5) is 17.3 Å². The standard InChI is InChI=1S/C12H10BrN5/c1-18(10-4-2-3-9(13)5-10)12-6-11(15-7-14)16-8-17-12/h2-6,8H,1H3,(H,15,16,17). The molecule has 0 saturated carbocycles. The van der Waals surface area contributed by atoms with Crippen LogP contribution in [-0.4, -0.2) is 17.0 Å². The summed E-state index contributed by atoms with van der Waals surface area (Å²) in [5.74, 6) is 1.19. The highest BCUT2D eigenvalue weighted by Crippen LogP contribution is 2.25. The van der Waals surface area contributed by atoms with Gasteiger partial charge in [-0.1, -0.05) is 22.0 Å². The first-order valence-corrected chi connectivity index (χ1v) is 5.96. The summed E-state index contributed by atoms with van der Waals surface area (Å²) in [6, 6.07) is 9.58. The Morgan fingerprint density at radius 1 is 1.33 bits per heavy atom. The van der Waals surface area contributed by atoms with E-state index in [0.29, 0.717) is 11.6 Å². The van der Waals surface area contributed by atoms with E-state index in [4.69, 9.17) is 5.26 Å². The van der Waals surface area contributed by atoms with E-state index in [0.717, 1.165) is 10.2 Å². The first kappa shape index (κ1) is 12.3. The average Bonchev–Trinajstić information content (AvgIpc) is 2.39. The van der Waals surface area contributed by atoms with Crippen LogP contribution in [0.1, 0.15) is 0 Å². The third-order valence-corrected chi connectivity index (χ3v) is 2.87. The van der Waals surface area contributed by atoms with E-state index >= 15 is 0 Å². The van der Waals surface area contributed by atoms with Crippen molar-refractivity contribution >= 4 is 33.3 Å². The molecule has 1 aromatic carbocycles. The van der Waals surface area contributed by atoms with Gasteiger partial charge >= 0.3 is 0 Å². The topological polar surface area (TPSA) is 64.8 Å². The molecule has 1 aromatic heterocycles. The van der Waals surface area contributed by atoms with Crippen LogP contribution in [0.15, 0.2) is 41.1 Å². The summed E-state index contributed by atoms with van der Waals surface area (Å²) in [6.45, 7) is 0. The summed E-state index contributed by atoms with van der Waals surface area (Å²) in [5.41, 5.74) is 0.992. The van der Waals surface area contributed by atoms with Gasteiger partial charge in [0.25, 0.3) is 0 Å². The van der Waals surface area contributed by atoms with Gasteiger partial charge in [0.2, 0.25) is 0 Å². The van der Waals surface area contributed by atoms with Gasteiger partial charge in [0, 0.05) is 23.3 Å². The van der Waals surface area contributed by atoms with Crippen molar-refractivity contribution in [3.63, 3.8) is 0 Å². The Hall–Kier alpha value is -2.13. The monoisotopic (exact) mass is 303 g/mol. The summed E-state index contributed by atoms with van der Waals surface area (Å²) in [4.78, 5) is 10.0. The molecule has 0 saturated heterocycles. The number of hydrogen-bond acceptors (Lipinski definition) is 5. The number of nitrogens with zero attached hydrogens (tertiary/aromatic N) is 4. The van der Waals surface area contributed by atoms with Gasteiger partial charge < -0.3 is 4.90 Å². The Labute approximate surface area is 113 Å². The number of halogens is 1. The molecule has 2 aromatic rings. The highest BCUT2D eigenvalue weighted by molar-refractivity contribution is 9.10. The molecular formula is C12H10BrN5. The molecule has 0 unspecified atom stereocenters. The Balaban J connectivity index is 2.31. The molecule has 1 heterocycles. The van der Waals surface area contributed by atoms with Crippen LogP contribution in [0.5, 0.6) is 0 Å². The van der Waals surface area contributed by atoms with Crippen molar-refractivity contribution in [3.8, 4) is 6.19 Å². The van der Waals surface area contributed by atoms with Crippen LogP contribution in [0, 0.1) is 11.5 Å². The molecule has 1 N–H and O–H groups in total. The van der Waals surface area contributed by atoms with Gasteiger partial charge in [-0.2, -0.15) is 5.26 Å². The summed E-state index contributed by atoms with van der Waals surface area (Å²) in [6.07, 6.45) is 3.25. The van der Waals surface area contributed by atoms with Crippen molar-refractivity contribution in [2.75, 3.05) is 17.3 Å². The van der Waals surface area contributed by atoms with Crippen LogP contribution in [0.3, 0.4) is 0 Å². The maximum Gasteiger partial charge on any atom is 0.182 e. The number of benzene rings is 1. The Morgan fingerprint density at radius 2 is 2.17 bits per heavy atom. The van der Waals surface area contributed by atoms with E-state index in [2.05, 4.69) is 31.2 Å². The molecule has 5 nitrogen and oxygen atoms in total. The van der Waals surface area contributed by atoms with Gasteiger partial charge in [-0.05, 0) is 18.2 Å². The fourth-order valence-electron chi connectivity index (χ4n) is 1.47. The molecule has 2 rings (SSSR count). The van der Waals surface area contributed by atoms with Gasteiger partial charge in [-0.3, -0.25) is 5.32 Å². The lowest BCUT2D eigenvalue weighted by molar-refractivity contribution is 1.08. The average molecular weight is 304 g/mol. The Morgan fingerprint density at radius 3 is 2.89 bits per heavy atom. The van der Waals surface area contributed by atoms with E-state index in [1.807, 2.05) is 42.4 Å². The molecule has 6 heteroatoms.